The first-order valence-corrected chi connectivity index (χ1v) is 2.90. The molecule has 46 valence electrons. The van der Waals surface area contributed by atoms with E-state index >= 15 is 0 Å². The van der Waals surface area contributed by atoms with Crippen molar-refractivity contribution in [2.75, 3.05) is 0 Å². The highest BCUT2D eigenvalue weighted by Crippen LogP contribution is 2.09. The summed E-state index contributed by atoms with van der Waals surface area (Å²) in [6.45, 7) is 3.62. The van der Waals surface area contributed by atoms with Gasteiger partial charge in [0.25, 0.3) is 0 Å². The van der Waals surface area contributed by atoms with E-state index < -0.39 is 0 Å². The second kappa shape index (κ2) is 3.67. The molecule has 0 aromatic heterocycles. The molecule has 0 N–H and O–H groups in total. The van der Waals surface area contributed by atoms with E-state index in [1.165, 1.54) is 0 Å². The van der Waals surface area contributed by atoms with Crippen LogP contribution in [0.1, 0.15) is 20.3 Å². The number of rotatable bonds is 2. The summed E-state index contributed by atoms with van der Waals surface area (Å²) in [5, 5.41) is 0.653. The van der Waals surface area contributed by atoms with Crippen LogP contribution in [0.15, 0.2) is 10.6 Å². The van der Waals surface area contributed by atoms with Gasteiger partial charge in [0.1, 0.15) is 6.29 Å². The van der Waals surface area contributed by atoms with Gasteiger partial charge >= 0.3 is 0 Å². The molecule has 2 heteroatoms. The summed E-state index contributed by atoms with van der Waals surface area (Å²) < 4.78 is 0. The van der Waals surface area contributed by atoms with Gasteiger partial charge in [0.15, 0.2) is 0 Å². The molecule has 0 radical (unpaired) electrons. The van der Waals surface area contributed by atoms with E-state index in [9.17, 15) is 4.79 Å². The zero-order chi connectivity index (χ0) is 6.57. The maximum absolute atomic E-state index is 9.96. The fourth-order valence-corrected chi connectivity index (χ4v) is 0.387. The zero-order valence-electron chi connectivity index (χ0n) is 5.07. The van der Waals surface area contributed by atoms with Crippen molar-refractivity contribution in [3.63, 3.8) is 0 Å². The van der Waals surface area contributed by atoms with Crippen molar-refractivity contribution >= 4 is 17.9 Å². The molecule has 8 heavy (non-hydrogen) atoms. The average Bonchev–Trinajstić information content (AvgIpc) is 1.84. The molecule has 0 fully saturated rings. The van der Waals surface area contributed by atoms with Crippen molar-refractivity contribution in [2.24, 2.45) is 0 Å². The first-order valence-electron chi connectivity index (χ1n) is 2.52. The van der Waals surface area contributed by atoms with Crippen LogP contribution in [0.2, 0.25) is 0 Å². The van der Waals surface area contributed by atoms with Crippen molar-refractivity contribution in [3.05, 3.63) is 10.6 Å². The molecule has 1 nitrogen and oxygen atoms in total. The molecule has 0 aliphatic carbocycles. The number of aldehydes is 1. The van der Waals surface area contributed by atoms with Crippen LogP contribution < -0.4 is 0 Å². The van der Waals surface area contributed by atoms with Gasteiger partial charge in [-0.25, -0.2) is 0 Å². The van der Waals surface area contributed by atoms with E-state index in [0.717, 1.165) is 12.7 Å². The third kappa shape index (κ3) is 2.12. The van der Waals surface area contributed by atoms with Crippen LogP contribution >= 0.6 is 11.6 Å². The molecular formula is C6H9ClO. The lowest BCUT2D eigenvalue weighted by molar-refractivity contribution is -0.104. The quantitative estimate of drug-likeness (QED) is 0.416. The largest absolute Gasteiger partial charge is 0.298 e. The topological polar surface area (TPSA) is 17.1 Å². The highest BCUT2D eigenvalue weighted by atomic mass is 35.5. The molecular weight excluding hydrogens is 124 g/mol. The standard InChI is InChI=1S/C6H9ClO/c1-3-6(7)5(2)4-8/h4H,3H2,1-2H3/b6-5-. The van der Waals surface area contributed by atoms with Gasteiger partial charge in [0, 0.05) is 10.6 Å². The Morgan fingerprint density at radius 2 is 2.25 bits per heavy atom. The van der Waals surface area contributed by atoms with Crippen molar-refractivity contribution < 1.29 is 4.79 Å². The van der Waals surface area contributed by atoms with E-state index in [1.54, 1.807) is 6.92 Å². The summed E-state index contributed by atoms with van der Waals surface area (Å²) in [6.07, 6.45) is 1.51. The molecule has 0 aromatic carbocycles. The van der Waals surface area contributed by atoms with Gasteiger partial charge in [0.2, 0.25) is 0 Å². The first-order chi connectivity index (χ1) is 3.72. The van der Waals surface area contributed by atoms with Gasteiger partial charge in [-0.2, -0.15) is 0 Å². The normalized spacial score (nSPS) is 12.9. The van der Waals surface area contributed by atoms with Gasteiger partial charge in [-0.1, -0.05) is 18.5 Å². The monoisotopic (exact) mass is 132 g/mol. The second-order valence-electron chi connectivity index (χ2n) is 1.56. The minimum absolute atomic E-state index is 0.633. The van der Waals surface area contributed by atoms with Crippen LogP contribution in [0.25, 0.3) is 0 Å². The number of hydrogen-bond acceptors (Lipinski definition) is 1. The van der Waals surface area contributed by atoms with Gasteiger partial charge in [-0.05, 0) is 13.3 Å². The average molecular weight is 133 g/mol. The van der Waals surface area contributed by atoms with Crippen LogP contribution in [0.3, 0.4) is 0 Å². The number of carbonyl (C=O) groups is 1. The molecule has 0 rings (SSSR count). The summed E-state index contributed by atoms with van der Waals surface area (Å²) in [5.74, 6) is 0. The van der Waals surface area contributed by atoms with Crippen molar-refractivity contribution in [1.82, 2.24) is 0 Å². The summed E-state index contributed by atoms with van der Waals surface area (Å²) in [7, 11) is 0. The SMILES string of the molecule is CC/C(Cl)=C(\C)C=O. The molecule has 0 amide bonds. The van der Waals surface area contributed by atoms with Crippen molar-refractivity contribution in [1.29, 1.82) is 0 Å². The molecule has 0 aromatic rings. The highest BCUT2D eigenvalue weighted by molar-refractivity contribution is 6.31. The Hall–Kier alpha value is -0.300. The minimum atomic E-state index is 0.633. The lowest BCUT2D eigenvalue weighted by atomic mass is 10.3. The lowest BCUT2D eigenvalue weighted by Crippen LogP contribution is -1.79. The Balaban J connectivity index is 4.03. The second-order valence-corrected chi connectivity index (χ2v) is 2.02. The Labute approximate surface area is 54.3 Å². The fourth-order valence-electron chi connectivity index (χ4n) is 0.343. The lowest BCUT2D eigenvalue weighted by Gasteiger charge is -1.90. The van der Waals surface area contributed by atoms with Crippen molar-refractivity contribution in [2.45, 2.75) is 20.3 Å². The molecule has 0 saturated carbocycles. The Kier molecular flexibility index (Phi) is 3.53. The molecule has 0 aliphatic heterocycles. The predicted octanol–water partition coefficient (Wildman–Crippen LogP) is 2.11. The van der Waals surface area contributed by atoms with Gasteiger partial charge in [-0.3, -0.25) is 4.79 Å². The summed E-state index contributed by atoms with van der Waals surface area (Å²) >= 11 is 5.56. The van der Waals surface area contributed by atoms with E-state index in [0.29, 0.717) is 10.6 Å². The van der Waals surface area contributed by atoms with Crippen LogP contribution in [0, 0.1) is 0 Å². The third-order valence-electron chi connectivity index (χ3n) is 0.915. The van der Waals surface area contributed by atoms with Crippen LogP contribution in [-0.4, -0.2) is 6.29 Å². The van der Waals surface area contributed by atoms with Crippen molar-refractivity contribution in [3.8, 4) is 0 Å². The number of allylic oxidation sites excluding steroid dienone is 2. The predicted molar refractivity (Wildman–Crippen MR) is 34.9 cm³/mol. The van der Waals surface area contributed by atoms with Gasteiger partial charge in [-0.15, -0.1) is 0 Å². The number of hydrogen-bond donors (Lipinski definition) is 0. The van der Waals surface area contributed by atoms with E-state index in [4.69, 9.17) is 11.6 Å². The molecule has 0 atom stereocenters. The fraction of sp³-hybridized carbons (Fsp3) is 0.500. The third-order valence-corrected chi connectivity index (χ3v) is 1.48. The van der Waals surface area contributed by atoms with E-state index in [2.05, 4.69) is 0 Å². The van der Waals surface area contributed by atoms with Crippen LogP contribution in [0.5, 0.6) is 0 Å². The summed E-state index contributed by atoms with van der Waals surface area (Å²) in [4.78, 5) is 9.96. The van der Waals surface area contributed by atoms with E-state index in [-0.39, 0.29) is 0 Å². The van der Waals surface area contributed by atoms with Gasteiger partial charge in [0.05, 0.1) is 0 Å². The Bertz CT molecular complexity index is 116. The highest BCUT2D eigenvalue weighted by Gasteiger charge is 1.91. The smallest absolute Gasteiger partial charge is 0.146 e. The number of carbonyl (C=O) groups excluding carboxylic acids is 1. The molecule has 0 saturated heterocycles. The van der Waals surface area contributed by atoms with E-state index in [1.807, 2.05) is 6.92 Å². The zero-order valence-corrected chi connectivity index (χ0v) is 5.83. The van der Waals surface area contributed by atoms with Gasteiger partial charge < -0.3 is 0 Å². The summed E-state index contributed by atoms with van der Waals surface area (Å²) in [5.41, 5.74) is 0.633. The Morgan fingerprint density at radius 1 is 1.75 bits per heavy atom. The molecule has 0 unspecified atom stereocenters. The first kappa shape index (κ1) is 7.70. The summed E-state index contributed by atoms with van der Waals surface area (Å²) in [6, 6.07) is 0. The maximum atomic E-state index is 9.96. The minimum Gasteiger partial charge on any atom is -0.298 e. The number of halogens is 1. The molecule has 0 heterocycles. The molecule has 0 aliphatic rings. The molecule has 0 bridgehead atoms. The maximum Gasteiger partial charge on any atom is 0.146 e. The Morgan fingerprint density at radius 3 is 2.38 bits per heavy atom. The van der Waals surface area contributed by atoms with Crippen LogP contribution in [-0.2, 0) is 4.79 Å². The molecule has 0 spiro atoms. The van der Waals surface area contributed by atoms with Crippen LogP contribution in [0.4, 0.5) is 0 Å².